The molecule has 1 aliphatic heterocycles. The van der Waals surface area contributed by atoms with Crippen LogP contribution >= 0.6 is 0 Å². The highest BCUT2D eigenvalue weighted by molar-refractivity contribution is 5.66. The number of nitrogens with zero attached hydrogens (tertiary/aromatic N) is 1. The maximum atomic E-state index is 10.6. The molecule has 2 N–H and O–H groups in total. The Morgan fingerprint density at radius 2 is 2.00 bits per heavy atom. The van der Waals surface area contributed by atoms with Gasteiger partial charge in [-0.1, -0.05) is 0 Å². The summed E-state index contributed by atoms with van der Waals surface area (Å²) in [6.07, 6.45) is 2.57. The van der Waals surface area contributed by atoms with E-state index in [2.05, 4.69) is 4.90 Å². The summed E-state index contributed by atoms with van der Waals surface area (Å²) in [5, 5.41) is 18.7. The average Bonchev–Trinajstić information content (AvgIpc) is 2.45. The number of rotatable bonds is 10. The van der Waals surface area contributed by atoms with Crippen LogP contribution in [0.5, 0.6) is 0 Å². The van der Waals surface area contributed by atoms with E-state index in [-0.39, 0.29) is 12.5 Å². The SMILES string of the molecule is COCC(C)OCC(O)CN1CCC(CCC(=O)O)CC1. The molecule has 6 heteroatoms. The van der Waals surface area contributed by atoms with Gasteiger partial charge < -0.3 is 24.6 Å². The summed E-state index contributed by atoms with van der Waals surface area (Å²) in [6, 6.07) is 0. The van der Waals surface area contributed by atoms with Crippen molar-refractivity contribution in [3.05, 3.63) is 0 Å². The Kier molecular flexibility index (Phi) is 8.84. The summed E-state index contributed by atoms with van der Waals surface area (Å²) >= 11 is 0. The van der Waals surface area contributed by atoms with Crippen molar-refractivity contribution in [3.63, 3.8) is 0 Å². The van der Waals surface area contributed by atoms with Crippen molar-refractivity contribution >= 4 is 5.97 Å². The molecule has 0 amide bonds. The number of piperidine rings is 1. The van der Waals surface area contributed by atoms with Gasteiger partial charge in [0.25, 0.3) is 0 Å². The molecule has 6 nitrogen and oxygen atoms in total. The van der Waals surface area contributed by atoms with E-state index in [1.165, 1.54) is 0 Å². The molecule has 1 saturated heterocycles. The van der Waals surface area contributed by atoms with E-state index in [9.17, 15) is 9.90 Å². The van der Waals surface area contributed by atoms with Gasteiger partial charge in [-0.05, 0) is 45.2 Å². The van der Waals surface area contributed by atoms with Crippen LogP contribution in [0, 0.1) is 5.92 Å². The second-order valence-corrected chi connectivity index (χ2v) is 5.93. The summed E-state index contributed by atoms with van der Waals surface area (Å²) in [5.74, 6) is -0.206. The van der Waals surface area contributed by atoms with Gasteiger partial charge in [-0.15, -0.1) is 0 Å². The Balaban J connectivity index is 2.12. The molecular formula is C15H29NO5. The molecule has 1 rings (SSSR count). The first kappa shape index (κ1) is 18.4. The van der Waals surface area contributed by atoms with Crippen LogP contribution in [0.25, 0.3) is 0 Å². The van der Waals surface area contributed by atoms with E-state index in [0.29, 0.717) is 25.7 Å². The third kappa shape index (κ3) is 8.36. The second-order valence-electron chi connectivity index (χ2n) is 5.93. The lowest BCUT2D eigenvalue weighted by atomic mass is 9.92. The molecule has 1 heterocycles. The zero-order chi connectivity index (χ0) is 15.7. The van der Waals surface area contributed by atoms with Crippen molar-refractivity contribution in [2.75, 3.05) is 40.0 Å². The molecule has 0 aromatic rings. The lowest BCUT2D eigenvalue weighted by Gasteiger charge is -2.33. The topological polar surface area (TPSA) is 79.2 Å². The van der Waals surface area contributed by atoms with Crippen molar-refractivity contribution in [1.82, 2.24) is 4.90 Å². The monoisotopic (exact) mass is 303 g/mol. The fraction of sp³-hybridized carbons (Fsp3) is 0.933. The maximum Gasteiger partial charge on any atom is 0.303 e. The summed E-state index contributed by atoms with van der Waals surface area (Å²) in [7, 11) is 1.63. The van der Waals surface area contributed by atoms with Crippen molar-refractivity contribution < 1.29 is 24.5 Å². The van der Waals surface area contributed by atoms with E-state index < -0.39 is 12.1 Å². The highest BCUT2D eigenvalue weighted by Gasteiger charge is 2.21. The quantitative estimate of drug-likeness (QED) is 0.626. The Hall–Kier alpha value is -0.690. The van der Waals surface area contributed by atoms with Crippen LogP contribution in [0.2, 0.25) is 0 Å². The first-order chi connectivity index (χ1) is 10.0. The van der Waals surface area contributed by atoms with Crippen molar-refractivity contribution in [3.8, 4) is 0 Å². The molecular weight excluding hydrogens is 274 g/mol. The highest BCUT2D eigenvalue weighted by Crippen LogP contribution is 2.21. The van der Waals surface area contributed by atoms with Crippen molar-refractivity contribution in [2.24, 2.45) is 5.92 Å². The molecule has 0 aromatic heterocycles. The van der Waals surface area contributed by atoms with Gasteiger partial charge in [0, 0.05) is 20.1 Å². The van der Waals surface area contributed by atoms with Crippen molar-refractivity contribution in [1.29, 1.82) is 0 Å². The van der Waals surface area contributed by atoms with Crippen LogP contribution in [0.15, 0.2) is 0 Å². The fourth-order valence-corrected chi connectivity index (χ4v) is 2.69. The third-order valence-electron chi connectivity index (χ3n) is 3.92. The van der Waals surface area contributed by atoms with Gasteiger partial charge >= 0.3 is 5.97 Å². The first-order valence-corrected chi connectivity index (χ1v) is 7.74. The second kappa shape index (κ2) is 10.1. The Morgan fingerprint density at radius 3 is 2.57 bits per heavy atom. The predicted octanol–water partition coefficient (Wildman–Crippen LogP) is 0.976. The maximum absolute atomic E-state index is 10.6. The number of aliphatic carboxylic acids is 1. The summed E-state index contributed by atoms with van der Waals surface area (Å²) in [5.41, 5.74) is 0. The molecule has 0 spiro atoms. The number of hydrogen-bond donors (Lipinski definition) is 2. The summed E-state index contributed by atoms with van der Waals surface area (Å²) < 4.78 is 10.5. The fourth-order valence-electron chi connectivity index (χ4n) is 2.69. The van der Waals surface area contributed by atoms with Crippen LogP contribution in [-0.4, -0.2) is 73.2 Å². The number of carbonyl (C=O) groups is 1. The molecule has 0 radical (unpaired) electrons. The van der Waals surface area contributed by atoms with E-state index in [0.717, 1.165) is 32.4 Å². The molecule has 21 heavy (non-hydrogen) atoms. The number of methoxy groups -OCH3 is 1. The van der Waals surface area contributed by atoms with Gasteiger partial charge in [-0.25, -0.2) is 0 Å². The smallest absolute Gasteiger partial charge is 0.303 e. The molecule has 124 valence electrons. The molecule has 0 aromatic carbocycles. The Morgan fingerprint density at radius 1 is 1.33 bits per heavy atom. The van der Waals surface area contributed by atoms with Gasteiger partial charge in [0.15, 0.2) is 0 Å². The van der Waals surface area contributed by atoms with E-state index >= 15 is 0 Å². The van der Waals surface area contributed by atoms with Crippen molar-refractivity contribution in [2.45, 2.75) is 44.8 Å². The Bertz CT molecular complexity index is 292. The number of hydrogen-bond acceptors (Lipinski definition) is 5. The number of aliphatic hydroxyl groups is 1. The van der Waals surface area contributed by atoms with Crippen LogP contribution in [0.3, 0.4) is 0 Å². The molecule has 2 unspecified atom stereocenters. The number of carboxylic acid groups (broad SMARTS) is 1. The van der Waals surface area contributed by atoms with E-state index in [1.54, 1.807) is 7.11 Å². The standard InChI is InChI=1S/C15H29NO5/c1-12(10-20-2)21-11-14(17)9-16-7-5-13(6-8-16)3-4-15(18)19/h12-14,17H,3-11H2,1-2H3,(H,18,19). The zero-order valence-electron chi connectivity index (χ0n) is 13.2. The van der Waals surface area contributed by atoms with Crippen LogP contribution in [0.4, 0.5) is 0 Å². The molecule has 1 aliphatic rings. The predicted molar refractivity (Wildman–Crippen MR) is 79.3 cm³/mol. The Labute approximate surface area is 127 Å². The molecule has 0 aliphatic carbocycles. The number of aliphatic hydroxyl groups excluding tert-OH is 1. The zero-order valence-corrected chi connectivity index (χ0v) is 13.2. The lowest BCUT2D eigenvalue weighted by molar-refractivity contribution is -0.137. The van der Waals surface area contributed by atoms with E-state index in [4.69, 9.17) is 14.6 Å². The summed E-state index contributed by atoms with van der Waals surface area (Å²) in [4.78, 5) is 12.8. The van der Waals surface area contributed by atoms with Gasteiger partial charge in [0.1, 0.15) is 0 Å². The van der Waals surface area contributed by atoms with E-state index in [1.807, 2.05) is 6.92 Å². The molecule has 2 atom stereocenters. The highest BCUT2D eigenvalue weighted by atomic mass is 16.5. The number of ether oxygens (including phenoxy) is 2. The normalized spacial score (nSPS) is 20.3. The molecule has 0 saturated carbocycles. The lowest BCUT2D eigenvalue weighted by Crippen LogP contribution is -2.40. The first-order valence-electron chi connectivity index (χ1n) is 7.74. The number of likely N-dealkylation sites (tertiary alicyclic amines) is 1. The van der Waals surface area contributed by atoms with Gasteiger partial charge in [0.05, 0.1) is 25.4 Å². The van der Waals surface area contributed by atoms with Crippen LogP contribution in [-0.2, 0) is 14.3 Å². The van der Waals surface area contributed by atoms with Gasteiger partial charge in [-0.2, -0.15) is 0 Å². The molecule has 0 bridgehead atoms. The minimum Gasteiger partial charge on any atom is -0.481 e. The minimum atomic E-state index is -0.713. The number of β-amino-alcohol motifs (C(OH)–C–C–N with tert-alkyl or cyclic N) is 1. The van der Waals surface area contributed by atoms with Gasteiger partial charge in [0.2, 0.25) is 0 Å². The summed E-state index contributed by atoms with van der Waals surface area (Å²) in [6.45, 7) is 5.24. The number of carboxylic acids is 1. The average molecular weight is 303 g/mol. The van der Waals surface area contributed by atoms with Crippen LogP contribution < -0.4 is 0 Å². The minimum absolute atomic E-state index is 0.00796. The molecule has 1 fully saturated rings. The van der Waals surface area contributed by atoms with Gasteiger partial charge in [-0.3, -0.25) is 4.79 Å². The largest absolute Gasteiger partial charge is 0.481 e. The third-order valence-corrected chi connectivity index (χ3v) is 3.92. The van der Waals surface area contributed by atoms with Crippen LogP contribution in [0.1, 0.15) is 32.6 Å².